The molecule has 2 N–H and O–H groups in total. The van der Waals surface area contributed by atoms with E-state index in [0.717, 1.165) is 5.56 Å². The van der Waals surface area contributed by atoms with Crippen molar-refractivity contribution in [3.05, 3.63) is 33.8 Å². The van der Waals surface area contributed by atoms with Gasteiger partial charge in [-0.1, -0.05) is 55.0 Å². The molecule has 0 aromatic heterocycles. The van der Waals surface area contributed by atoms with Gasteiger partial charge >= 0.3 is 0 Å². The Kier molecular flexibility index (Phi) is 7.50. The number of amides is 1. The van der Waals surface area contributed by atoms with E-state index in [1.165, 1.54) is 38.5 Å². The molecule has 22 heavy (non-hydrogen) atoms. The fourth-order valence-corrected chi connectivity index (χ4v) is 3.35. The summed E-state index contributed by atoms with van der Waals surface area (Å²) in [5.74, 6) is 0.0503. The van der Waals surface area contributed by atoms with Crippen LogP contribution in [0.5, 0.6) is 0 Å². The largest absolute Gasteiger partial charge is 0.355 e. The zero-order chi connectivity index (χ0) is 15.8. The van der Waals surface area contributed by atoms with Crippen LogP contribution in [0.15, 0.2) is 18.2 Å². The molecule has 122 valence electrons. The zero-order valence-electron chi connectivity index (χ0n) is 12.8. The number of benzene rings is 1. The van der Waals surface area contributed by atoms with Crippen LogP contribution in [-0.2, 0) is 11.2 Å². The fraction of sp³-hybridized carbons (Fsp3) is 0.588. The highest BCUT2D eigenvalue weighted by molar-refractivity contribution is 6.35. The molecule has 1 amide bonds. The van der Waals surface area contributed by atoms with Gasteiger partial charge in [-0.25, -0.2) is 0 Å². The van der Waals surface area contributed by atoms with Gasteiger partial charge in [-0.15, -0.1) is 0 Å². The van der Waals surface area contributed by atoms with E-state index < -0.39 is 0 Å². The van der Waals surface area contributed by atoms with E-state index in [0.29, 0.717) is 35.6 Å². The number of rotatable bonds is 6. The predicted octanol–water partition coefficient (Wildman–Crippen LogP) is 3.96. The van der Waals surface area contributed by atoms with Crippen molar-refractivity contribution < 1.29 is 4.79 Å². The quantitative estimate of drug-likeness (QED) is 0.768. The minimum Gasteiger partial charge on any atom is -0.355 e. The van der Waals surface area contributed by atoms with E-state index in [4.69, 9.17) is 23.2 Å². The summed E-state index contributed by atoms with van der Waals surface area (Å²) in [5, 5.41) is 7.59. The van der Waals surface area contributed by atoms with Gasteiger partial charge in [-0.3, -0.25) is 4.79 Å². The minimum absolute atomic E-state index is 0.0503. The molecule has 1 aliphatic rings. The van der Waals surface area contributed by atoms with Crippen LogP contribution >= 0.6 is 23.2 Å². The fourth-order valence-electron chi connectivity index (χ4n) is 2.84. The summed E-state index contributed by atoms with van der Waals surface area (Å²) >= 11 is 12.0. The summed E-state index contributed by atoms with van der Waals surface area (Å²) in [6.45, 7) is 0.992. The van der Waals surface area contributed by atoms with Crippen molar-refractivity contribution in [2.45, 2.75) is 51.0 Å². The summed E-state index contributed by atoms with van der Waals surface area (Å²) in [4.78, 5) is 11.9. The van der Waals surface area contributed by atoms with Crippen LogP contribution in [0.2, 0.25) is 10.0 Å². The van der Waals surface area contributed by atoms with Crippen molar-refractivity contribution in [2.75, 3.05) is 13.1 Å². The van der Waals surface area contributed by atoms with Crippen molar-refractivity contribution >= 4 is 29.1 Å². The van der Waals surface area contributed by atoms with Crippen LogP contribution in [-0.4, -0.2) is 25.0 Å². The molecule has 1 aliphatic carbocycles. The van der Waals surface area contributed by atoms with Crippen LogP contribution < -0.4 is 10.6 Å². The molecule has 3 nitrogen and oxygen atoms in total. The molecule has 2 rings (SSSR count). The van der Waals surface area contributed by atoms with Crippen LogP contribution in [0.1, 0.15) is 44.1 Å². The summed E-state index contributed by atoms with van der Waals surface area (Å²) in [7, 11) is 0. The van der Waals surface area contributed by atoms with Gasteiger partial charge < -0.3 is 10.6 Å². The van der Waals surface area contributed by atoms with Crippen molar-refractivity contribution in [1.82, 2.24) is 10.6 Å². The lowest BCUT2D eigenvalue weighted by molar-refractivity contribution is -0.120. The van der Waals surface area contributed by atoms with E-state index in [1.54, 1.807) is 6.07 Å². The molecule has 0 unspecified atom stereocenters. The van der Waals surface area contributed by atoms with Crippen molar-refractivity contribution in [2.24, 2.45) is 0 Å². The van der Waals surface area contributed by atoms with Crippen molar-refractivity contribution in [3.8, 4) is 0 Å². The summed E-state index contributed by atoms with van der Waals surface area (Å²) in [6.07, 6.45) is 8.29. The van der Waals surface area contributed by atoms with Gasteiger partial charge in [0.15, 0.2) is 0 Å². The SMILES string of the molecule is O=C(CNC1CCCCCC1)NCCc1ccc(Cl)cc1Cl. The van der Waals surface area contributed by atoms with Gasteiger partial charge in [-0.05, 0) is 37.0 Å². The highest BCUT2D eigenvalue weighted by atomic mass is 35.5. The summed E-state index contributed by atoms with van der Waals surface area (Å²) in [5.41, 5.74) is 1.00. The van der Waals surface area contributed by atoms with Crippen LogP contribution in [0.4, 0.5) is 0 Å². The Morgan fingerprint density at radius 1 is 1.14 bits per heavy atom. The number of hydrogen-bond donors (Lipinski definition) is 2. The lowest BCUT2D eigenvalue weighted by Crippen LogP contribution is -2.39. The molecule has 1 fully saturated rings. The normalized spacial score (nSPS) is 16.3. The molecular weight excluding hydrogens is 319 g/mol. The summed E-state index contributed by atoms with van der Waals surface area (Å²) < 4.78 is 0. The minimum atomic E-state index is 0.0503. The molecule has 0 atom stereocenters. The van der Waals surface area contributed by atoms with Crippen molar-refractivity contribution in [3.63, 3.8) is 0 Å². The molecule has 0 radical (unpaired) electrons. The van der Waals surface area contributed by atoms with Gasteiger partial charge in [-0.2, -0.15) is 0 Å². The van der Waals surface area contributed by atoms with E-state index in [2.05, 4.69) is 10.6 Å². The maximum absolute atomic E-state index is 11.9. The maximum Gasteiger partial charge on any atom is 0.233 e. The number of halogens is 2. The Morgan fingerprint density at radius 2 is 1.86 bits per heavy atom. The predicted molar refractivity (Wildman–Crippen MR) is 92.7 cm³/mol. The molecule has 1 saturated carbocycles. The molecule has 1 aromatic rings. The molecule has 0 aliphatic heterocycles. The number of carbonyl (C=O) groups excluding carboxylic acids is 1. The Morgan fingerprint density at radius 3 is 2.55 bits per heavy atom. The molecule has 0 heterocycles. The van der Waals surface area contributed by atoms with Crippen LogP contribution in [0.25, 0.3) is 0 Å². The molecule has 0 bridgehead atoms. The monoisotopic (exact) mass is 342 g/mol. The standard InChI is InChI=1S/C17H24Cl2N2O/c18-14-8-7-13(16(19)11-14)9-10-20-17(22)12-21-15-5-3-1-2-4-6-15/h7-8,11,15,21H,1-6,9-10,12H2,(H,20,22). The third-order valence-electron chi connectivity index (χ3n) is 4.14. The lowest BCUT2D eigenvalue weighted by atomic mass is 10.1. The Bertz CT molecular complexity index is 486. The van der Waals surface area contributed by atoms with Gasteiger partial charge in [0.1, 0.15) is 0 Å². The lowest BCUT2D eigenvalue weighted by Gasteiger charge is -2.16. The Hall–Kier alpha value is -0.770. The molecule has 0 saturated heterocycles. The van der Waals surface area contributed by atoms with E-state index in [1.807, 2.05) is 12.1 Å². The van der Waals surface area contributed by atoms with Crippen LogP contribution in [0.3, 0.4) is 0 Å². The first-order valence-corrected chi connectivity index (χ1v) is 8.85. The van der Waals surface area contributed by atoms with Gasteiger partial charge in [0.25, 0.3) is 0 Å². The smallest absolute Gasteiger partial charge is 0.233 e. The van der Waals surface area contributed by atoms with Gasteiger partial charge in [0.2, 0.25) is 5.91 Å². The number of hydrogen-bond acceptors (Lipinski definition) is 2. The molecule has 0 spiro atoms. The van der Waals surface area contributed by atoms with Gasteiger partial charge in [0, 0.05) is 22.6 Å². The Labute approximate surface area is 142 Å². The van der Waals surface area contributed by atoms with Gasteiger partial charge in [0.05, 0.1) is 6.54 Å². The van der Waals surface area contributed by atoms with Crippen molar-refractivity contribution in [1.29, 1.82) is 0 Å². The third kappa shape index (κ3) is 6.15. The van der Waals surface area contributed by atoms with Crippen LogP contribution in [0, 0.1) is 0 Å². The zero-order valence-corrected chi connectivity index (χ0v) is 14.3. The second kappa shape index (κ2) is 9.39. The second-order valence-electron chi connectivity index (χ2n) is 5.91. The van der Waals surface area contributed by atoms with E-state index >= 15 is 0 Å². The number of nitrogens with one attached hydrogen (secondary N) is 2. The highest BCUT2D eigenvalue weighted by Crippen LogP contribution is 2.21. The summed E-state index contributed by atoms with van der Waals surface area (Å²) in [6, 6.07) is 5.95. The van der Waals surface area contributed by atoms with E-state index in [9.17, 15) is 4.79 Å². The number of carbonyl (C=O) groups is 1. The van der Waals surface area contributed by atoms with E-state index in [-0.39, 0.29) is 5.91 Å². The first kappa shape index (κ1) is 17.6. The second-order valence-corrected chi connectivity index (χ2v) is 6.75. The molecular formula is C17H24Cl2N2O. The average molecular weight is 343 g/mol. The molecule has 1 aromatic carbocycles. The topological polar surface area (TPSA) is 41.1 Å². The first-order valence-electron chi connectivity index (χ1n) is 8.09. The first-order chi connectivity index (χ1) is 10.6. The average Bonchev–Trinajstić information content (AvgIpc) is 2.76. The Balaban J connectivity index is 1.64. The maximum atomic E-state index is 11.9. The highest BCUT2D eigenvalue weighted by Gasteiger charge is 2.12. The molecule has 5 heteroatoms. The third-order valence-corrected chi connectivity index (χ3v) is 4.73.